The summed E-state index contributed by atoms with van der Waals surface area (Å²) in [6.07, 6.45) is 3.54. The maximum atomic E-state index is 12.5. The van der Waals surface area contributed by atoms with Gasteiger partial charge in [-0.2, -0.15) is 0 Å². The van der Waals surface area contributed by atoms with Crippen molar-refractivity contribution in [1.29, 1.82) is 0 Å². The van der Waals surface area contributed by atoms with Crippen LogP contribution in [-0.2, 0) is 4.79 Å². The van der Waals surface area contributed by atoms with E-state index in [1.54, 1.807) is 25.3 Å². The predicted octanol–water partition coefficient (Wildman–Crippen LogP) is 3.21. The van der Waals surface area contributed by atoms with Crippen molar-refractivity contribution in [2.75, 3.05) is 38.6 Å². The molecule has 3 rings (SSSR count). The van der Waals surface area contributed by atoms with Crippen LogP contribution in [0.5, 0.6) is 5.75 Å². The number of carbonyl (C=O) groups excluding carboxylic acids is 2. The number of hydrogen-bond acceptors (Lipinski definition) is 3. The smallest absolute Gasteiger partial charge is 0.319 e. The summed E-state index contributed by atoms with van der Waals surface area (Å²) >= 11 is 6.18. The fourth-order valence-corrected chi connectivity index (χ4v) is 3.62. The number of anilines is 1. The third-order valence-corrected chi connectivity index (χ3v) is 5.26. The maximum absolute atomic E-state index is 12.5. The first-order chi connectivity index (χ1) is 12.1. The van der Waals surface area contributed by atoms with E-state index in [0.717, 1.165) is 25.9 Å². The number of benzene rings is 1. The van der Waals surface area contributed by atoms with Crippen molar-refractivity contribution in [1.82, 2.24) is 9.80 Å². The normalized spacial score (nSPS) is 18.3. The standard InChI is InChI=1S/C18H24ClN3O3/c1-25-14-4-5-16(15(19)12-14)20-17(23)13-6-10-22(11-7-13)18(24)21-8-2-3-9-21/h4-5,12-13H,2-3,6-11H2,1H3,(H,20,23). The van der Waals surface area contributed by atoms with E-state index in [0.29, 0.717) is 42.4 Å². The average molecular weight is 366 g/mol. The number of hydrogen-bond donors (Lipinski definition) is 1. The molecule has 0 aliphatic carbocycles. The lowest BCUT2D eigenvalue weighted by Crippen LogP contribution is -2.47. The molecule has 2 fully saturated rings. The lowest BCUT2D eigenvalue weighted by Gasteiger charge is -2.34. The Morgan fingerprint density at radius 1 is 1.12 bits per heavy atom. The Labute approximate surface area is 153 Å². The van der Waals surface area contributed by atoms with Crippen molar-refractivity contribution in [2.24, 2.45) is 5.92 Å². The van der Waals surface area contributed by atoms with Crippen molar-refractivity contribution in [3.8, 4) is 5.75 Å². The number of ether oxygens (including phenoxy) is 1. The van der Waals surface area contributed by atoms with Crippen molar-refractivity contribution >= 4 is 29.2 Å². The molecule has 0 spiro atoms. The summed E-state index contributed by atoms with van der Waals surface area (Å²) in [6, 6.07) is 5.30. The van der Waals surface area contributed by atoms with E-state index in [9.17, 15) is 9.59 Å². The zero-order valence-corrected chi connectivity index (χ0v) is 15.2. The van der Waals surface area contributed by atoms with E-state index in [-0.39, 0.29) is 17.9 Å². The molecule has 7 heteroatoms. The predicted molar refractivity (Wildman–Crippen MR) is 97.1 cm³/mol. The molecule has 0 saturated carbocycles. The summed E-state index contributed by atoms with van der Waals surface area (Å²) in [5, 5.41) is 3.34. The van der Waals surface area contributed by atoms with Gasteiger partial charge in [-0.1, -0.05) is 11.6 Å². The first kappa shape index (κ1) is 17.9. The Hall–Kier alpha value is -1.95. The lowest BCUT2D eigenvalue weighted by molar-refractivity contribution is -0.121. The second kappa shape index (κ2) is 7.95. The van der Waals surface area contributed by atoms with E-state index < -0.39 is 0 Å². The minimum Gasteiger partial charge on any atom is -0.497 e. The van der Waals surface area contributed by atoms with E-state index in [1.165, 1.54) is 0 Å². The molecule has 3 amide bonds. The molecule has 2 saturated heterocycles. The summed E-state index contributed by atoms with van der Waals surface area (Å²) in [7, 11) is 1.57. The zero-order chi connectivity index (χ0) is 17.8. The van der Waals surface area contributed by atoms with Crippen LogP contribution in [0.25, 0.3) is 0 Å². The first-order valence-electron chi connectivity index (χ1n) is 8.76. The summed E-state index contributed by atoms with van der Waals surface area (Å²) in [5.74, 6) is 0.512. The largest absolute Gasteiger partial charge is 0.497 e. The Morgan fingerprint density at radius 3 is 2.36 bits per heavy atom. The van der Waals surface area contributed by atoms with Gasteiger partial charge in [-0.3, -0.25) is 4.79 Å². The van der Waals surface area contributed by atoms with Gasteiger partial charge in [0.1, 0.15) is 5.75 Å². The molecule has 0 radical (unpaired) electrons. The SMILES string of the molecule is COc1ccc(NC(=O)C2CCN(C(=O)N3CCCC3)CC2)c(Cl)c1. The minimum absolute atomic E-state index is 0.0414. The third-order valence-electron chi connectivity index (χ3n) is 4.95. The number of carbonyl (C=O) groups is 2. The highest BCUT2D eigenvalue weighted by Crippen LogP contribution is 2.28. The summed E-state index contributed by atoms with van der Waals surface area (Å²) in [6.45, 7) is 2.97. The van der Waals surface area contributed by atoms with Gasteiger partial charge in [-0.05, 0) is 37.8 Å². The summed E-state index contributed by atoms with van der Waals surface area (Å²) < 4.78 is 5.11. The van der Waals surface area contributed by atoms with Crippen molar-refractivity contribution in [3.63, 3.8) is 0 Å². The molecule has 2 aliphatic rings. The Kier molecular flexibility index (Phi) is 5.68. The van der Waals surface area contributed by atoms with Crippen LogP contribution in [0.2, 0.25) is 5.02 Å². The molecule has 2 aliphatic heterocycles. The van der Waals surface area contributed by atoms with Crippen LogP contribution < -0.4 is 10.1 Å². The van der Waals surface area contributed by atoms with Gasteiger partial charge in [-0.15, -0.1) is 0 Å². The molecule has 0 unspecified atom stereocenters. The molecule has 25 heavy (non-hydrogen) atoms. The summed E-state index contributed by atoms with van der Waals surface area (Å²) in [5.41, 5.74) is 0.586. The van der Waals surface area contributed by atoms with Crippen LogP contribution in [0.4, 0.5) is 10.5 Å². The van der Waals surface area contributed by atoms with Crippen LogP contribution >= 0.6 is 11.6 Å². The monoisotopic (exact) mass is 365 g/mol. The van der Waals surface area contributed by atoms with Crippen LogP contribution in [0, 0.1) is 5.92 Å². The van der Waals surface area contributed by atoms with E-state index in [2.05, 4.69) is 5.32 Å². The van der Waals surface area contributed by atoms with E-state index >= 15 is 0 Å². The Morgan fingerprint density at radius 2 is 1.76 bits per heavy atom. The topological polar surface area (TPSA) is 61.9 Å². The van der Waals surface area contributed by atoms with Gasteiger partial charge in [0.25, 0.3) is 0 Å². The molecule has 0 aromatic heterocycles. The quantitative estimate of drug-likeness (QED) is 0.894. The van der Waals surface area contributed by atoms with Crippen LogP contribution in [0.3, 0.4) is 0 Å². The molecule has 0 atom stereocenters. The van der Waals surface area contributed by atoms with Crippen LogP contribution in [-0.4, -0.2) is 55.0 Å². The molecular weight excluding hydrogens is 342 g/mol. The number of likely N-dealkylation sites (tertiary alicyclic amines) is 2. The number of rotatable bonds is 3. The minimum atomic E-state index is -0.0965. The van der Waals surface area contributed by atoms with Gasteiger partial charge >= 0.3 is 6.03 Å². The molecule has 136 valence electrons. The highest BCUT2D eigenvalue weighted by Gasteiger charge is 2.30. The average Bonchev–Trinajstić information content (AvgIpc) is 3.17. The first-order valence-corrected chi connectivity index (χ1v) is 9.14. The fourth-order valence-electron chi connectivity index (χ4n) is 3.40. The molecule has 0 bridgehead atoms. The maximum Gasteiger partial charge on any atom is 0.319 e. The number of nitrogens with one attached hydrogen (secondary N) is 1. The Bertz CT molecular complexity index is 638. The van der Waals surface area contributed by atoms with Crippen molar-refractivity contribution in [3.05, 3.63) is 23.2 Å². The van der Waals surface area contributed by atoms with Gasteiger partial charge in [-0.25, -0.2) is 4.79 Å². The number of piperidine rings is 1. The number of halogens is 1. The number of methoxy groups -OCH3 is 1. The van der Waals surface area contributed by atoms with E-state index in [1.807, 2.05) is 9.80 Å². The molecule has 1 aromatic rings. The van der Waals surface area contributed by atoms with Gasteiger partial charge in [0.05, 0.1) is 17.8 Å². The molecular formula is C18H24ClN3O3. The zero-order valence-electron chi connectivity index (χ0n) is 14.5. The highest BCUT2D eigenvalue weighted by molar-refractivity contribution is 6.33. The van der Waals surface area contributed by atoms with Crippen molar-refractivity contribution < 1.29 is 14.3 Å². The molecule has 2 heterocycles. The highest BCUT2D eigenvalue weighted by atomic mass is 35.5. The number of urea groups is 1. The number of nitrogens with zero attached hydrogens (tertiary/aromatic N) is 2. The van der Waals surface area contributed by atoms with E-state index in [4.69, 9.17) is 16.3 Å². The second-order valence-electron chi connectivity index (χ2n) is 6.57. The van der Waals surface area contributed by atoms with Gasteiger partial charge in [0.15, 0.2) is 0 Å². The third kappa shape index (κ3) is 4.18. The second-order valence-corrected chi connectivity index (χ2v) is 6.98. The Balaban J connectivity index is 1.52. The van der Waals surface area contributed by atoms with Gasteiger partial charge < -0.3 is 19.9 Å². The van der Waals surface area contributed by atoms with Crippen LogP contribution in [0.1, 0.15) is 25.7 Å². The number of amides is 3. The fraction of sp³-hybridized carbons (Fsp3) is 0.556. The van der Waals surface area contributed by atoms with Crippen molar-refractivity contribution in [2.45, 2.75) is 25.7 Å². The molecule has 1 N–H and O–H groups in total. The molecule has 6 nitrogen and oxygen atoms in total. The van der Waals surface area contributed by atoms with Gasteiger partial charge in [0.2, 0.25) is 5.91 Å². The molecule has 1 aromatic carbocycles. The summed E-state index contributed by atoms with van der Waals surface area (Å²) in [4.78, 5) is 28.7. The van der Waals surface area contributed by atoms with Gasteiger partial charge in [0, 0.05) is 38.2 Å². The van der Waals surface area contributed by atoms with Crippen LogP contribution in [0.15, 0.2) is 18.2 Å². The lowest BCUT2D eigenvalue weighted by atomic mass is 9.96.